The number of aryl methyl sites for hydroxylation is 1. The van der Waals surface area contributed by atoms with Crippen LogP contribution in [0.1, 0.15) is 40.8 Å². The Morgan fingerprint density at radius 1 is 1.47 bits per heavy atom. The molecule has 5 heteroatoms. The van der Waals surface area contributed by atoms with Gasteiger partial charge in [0.05, 0.1) is 19.1 Å². The van der Waals surface area contributed by atoms with Crippen LogP contribution >= 0.6 is 11.3 Å². The highest BCUT2D eigenvalue weighted by atomic mass is 32.1. The summed E-state index contributed by atoms with van der Waals surface area (Å²) in [5.74, 6) is 0.648. The topological polar surface area (TPSA) is 65.5 Å². The molecule has 0 aromatic carbocycles. The number of furan rings is 1. The lowest BCUT2D eigenvalue weighted by molar-refractivity contribution is 0.0607. The van der Waals surface area contributed by atoms with Crippen molar-refractivity contribution in [2.75, 3.05) is 12.8 Å². The van der Waals surface area contributed by atoms with Crippen LogP contribution in [0.15, 0.2) is 16.7 Å². The highest BCUT2D eigenvalue weighted by Crippen LogP contribution is 2.44. The third-order valence-corrected chi connectivity index (χ3v) is 4.27. The number of ether oxygens (including phenoxy) is 1. The number of methoxy groups -OCH3 is 1. The van der Waals surface area contributed by atoms with Gasteiger partial charge in [-0.2, -0.15) is 0 Å². The molecule has 0 fully saturated rings. The molecule has 2 rings (SSSR count). The van der Waals surface area contributed by atoms with Gasteiger partial charge in [-0.15, -0.1) is 11.3 Å². The normalized spacial score (nSPS) is 11.0. The lowest BCUT2D eigenvalue weighted by Crippen LogP contribution is -2.03. The molecule has 0 aliphatic heterocycles. The minimum atomic E-state index is -0.392. The maximum atomic E-state index is 11.8. The quantitative estimate of drug-likeness (QED) is 0.868. The van der Waals surface area contributed by atoms with Crippen molar-refractivity contribution < 1.29 is 13.9 Å². The minimum absolute atomic E-state index is 0.221. The van der Waals surface area contributed by atoms with E-state index in [1.807, 2.05) is 13.0 Å². The van der Waals surface area contributed by atoms with Gasteiger partial charge in [-0.05, 0) is 24.5 Å². The molecule has 4 nitrogen and oxygen atoms in total. The zero-order valence-corrected chi connectivity index (χ0v) is 12.3. The van der Waals surface area contributed by atoms with E-state index in [4.69, 9.17) is 14.9 Å². The predicted molar refractivity (Wildman–Crippen MR) is 76.6 cm³/mol. The maximum Gasteiger partial charge on any atom is 0.350 e. The second-order valence-electron chi connectivity index (χ2n) is 4.62. The average molecular weight is 279 g/mol. The molecule has 0 spiro atoms. The van der Waals surface area contributed by atoms with Gasteiger partial charge in [-0.3, -0.25) is 0 Å². The van der Waals surface area contributed by atoms with Crippen molar-refractivity contribution in [1.82, 2.24) is 0 Å². The molecule has 0 unspecified atom stereocenters. The van der Waals surface area contributed by atoms with Crippen molar-refractivity contribution >= 4 is 23.0 Å². The van der Waals surface area contributed by atoms with Crippen LogP contribution in [0.2, 0.25) is 0 Å². The van der Waals surface area contributed by atoms with Gasteiger partial charge in [0, 0.05) is 10.4 Å². The third kappa shape index (κ3) is 2.26. The van der Waals surface area contributed by atoms with Gasteiger partial charge >= 0.3 is 5.97 Å². The molecule has 0 saturated carbocycles. The Balaban J connectivity index is 2.67. The number of nitrogens with two attached hydrogens (primary N) is 1. The number of thiophene rings is 1. The van der Waals surface area contributed by atoms with Crippen molar-refractivity contribution in [3.63, 3.8) is 0 Å². The van der Waals surface area contributed by atoms with Crippen molar-refractivity contribution in [2.24, 2.45) is 0 Å². The zero-order chi connectivity index (χ0) is 14.2. The van der Waals surface area contributed by atoms with Gasteiger partial charge in [0.15, 0.2) is 0 Å². The fourth-order valence-corrected chi connectivity index (χ4v) is 3.46. The van der Waals surface area contributed by atoms with Crippen LogP contribution in [0.5, 0.6) is 0 Å². The molecule has 0 aliphatic rings. The first-order valence-electron chi connectivity index (χ1n) is 6.02. The molecule has 19 heavy (non-hydrogen) atoms. The molecule has 0 amide bonds. The number of esters is 1. The summed E-state index contributed by atoms with van der Waals surface area (Å²) in [5.41, 5.74) is 8.60. The van der Waals surface area contributed by atoms with Crippen molar-refractivity contribution in [2.45, 2.75) is 26.7 Å². The molecule has 0 aliphatic carbocycles. The first-order chi connectivity index (χ1) is 8.97. The molecule has 0 radical (unpaired) electrons. The molecule has 0 atom stereocenters. The van der Waals surface area contributed by atoms with E-state index in [0.717, 1.165) is 21.8 Å². The van der Waals surface area contributed by atoms with Crippen LogP contribution in [-0.2, 0) is 4.74 Å². The van der Waals surface area contributed by atoms with Crippen molar-refractivity contribution in [1.29, 1.82) is 0 Å². The summed E-state index contributed by atoms with van der Waals surface area (Å²) in [7, 11) is 1.36. The maximum absolute atomic E-state index is 11.8. The largest absolute Gasteiger partial charge is 0.469 e. The van der Waals surface area contributed by atoms with Gasteiger partial charge in [0.1, 0.15) is 10.6 Å². The molecule has 102 valence electrons. The number of carbonyl (C=O) groups excluding carboxylic acids is 1. The van der Waals surface area contributed by atoms with Gasteiger partial charge in [0.2, 0.25) is 0 Å². The number of carbonyl (C=O) groups is 1. The van der Waals surface area contributed by atoms with Gasteiger partial charge in [-0.1, -0.05) is 13.8 Å². The van der Waals surface area contributed by atoms with Crippen LogP contribution in [0, 0.1) is 6.92 Å². The molecular formula is C14H17NO3S. The second kappa shape index (κ2) is 5.09. The lowest BCUT2D eigenvalue weighted by atomic mass is 9.98. The Bertz CT molecular complexity index is 610. The van der Waals surface area contributed by atoms with Crippen LogP contribution in [0.4, 0.5) is 5.69 Å². The molecule has 0 bridgehead atoms. The minimum Gasteiger partial charge on any atom is -0.469 e. The van der Waals surface area contributed by atoms with E-state index in [-0.39, 0.29) is 5.92 Å². The molecule has 2 aromatic rings. The molecule has 2 heterocycles. The fourth-order valence-electron chi connectivity index (χ4n) is 2.09. The smallest absolute Gasteiger partial charge is 0.350 e. The van der Waals surface area contributed by atoms with E-state index in [1.165, 1.54) is 18.4 Å². The Kier molecular flexibility index (Phi) is 3.66. The summed E-state index contributed by atoms with van der Waals surface area (Å²) in [6.07, 6.45) is 1.64. The van der Waals surface area contributed by atoms with Gasteiger partial charge < -0.3 is 14.9 Å². The van der Waals surface area contributed by atoms with Crippen molar-refractivity contribution in [3.05, 3.63) is 28.5 Å². The summed E-state index contributed by atoms with van der Waals surface area (Å²) < 4.78 is 10.1. The third-order valence-electron chi connectivity index (χ3n) is 3.04. The number of hydrogen-bond acceptors (Lipinski definition) is 5. The molecule has 2 aromatic heterocycles. The standard InChI is InChI=1S/C14H17NO3S/c1-7(2)10-11(15)13(14(16)17-4)19-12(10)9-5-6-18-8(9)3/h5-7H,15H2,1-4H3. The monoisotopic (exact) mass is 279 g/mol. The average Bonchev–Trinajstić information content (AvgIpc) is 2.91. The summed E-state index contributed by atoms with van der Waals surface area (Å²) in [4.78, 5) is 13.2. The Labute approximate surface area is 116 Å². The Morgan fingerprint density at radius 2 is 2.16 bits per heavy atom. The van der Waals surface area contributed by atoms with Gasteiger partial charge in [0.25, 0.3) is 0 Å². The van der Waals surface area contributed by atoms with Crippen LogP contribution < -0.4 is 5.73 Å². The molecule has 0 saturated heterocycles. The molecule has 2 N–H and O–H groups in total. The first-order valence-corrected chi connectivity index (χ1v) is 6.84. The number of rotatable bonds is 3. The summed E-state index contributed by atoms with van der Waals surface area (Å²) >= 11 is 1.36. The van der Waals surface area contributed by atoms with E-state index in [1.54, 1.807) is 6.26 Å². The van der Waals surface area contributed by atoms with Gasteiger partial charge in [-0.25, -0.2) is 4.79 Å². The first kappa shape index (κ1) is 13.7. The van der Waals surface area contributed by atoms with Crippen LogP contribution in [0.3, 0.4) is 0 Å². The van der Waals surface area contributed by atoms with E-state index in [9.17, 15) is 4.79 Å². The van der Waals surface area contributed by atoms with Crippen molar-refractivity contribution in [3.8, 4) is 10.4 Å². The van der Waals surface area contributed by atoms with E-state index in [0.29, 0.717) is 10.6 Å². The van der Waals surface area contributed by atoms with E-state index >= 15 is 0 Å². The van der Waals surface area contributed by atoms with E-state index in [2.05, 4.69) is 13.8 Å². The predicted octanol–water partition coefficient (Wildman–Crippen LogP) is 3.81. The summed E-state index contributed by atoms with van der Waals surface area (Å²) in [6.45, 7) is 6.00. The SMILES string of the molecule is COC(=O)c1sc(-c2ccoc2C)c(C(C)C)c1N. The molecular weight excluding hydrogens is 262 g/mol. The number of anilines is 1. The van der Waals surface area contributed by atoms with Crippen LogP contribution in [-0.4, -0.2) is 13.1 Å². The number of hydrogen-bond donors (Lipinski definition) is 1. The Hall–Kier alpha value is -1.75. The second-order valence-corrected chi connectivity index (χ2v) is 5.65. The highest BCUT2D eigenvalue weighted by molar-refractivity contribution is 7.18. The lowest BCUT2D eigenvalue weighted by Gasteiger charge is -2.08. The summed E-state index contributed by atoms with van der Waals surface area (Å²) in [6, 6.07) is 1.90. The highest BCUT2D eigenvalue weighted by Gasteiger charge is 2.25. The fraction of sp³-hybridized carbons (Fsp3) is 0.357. The van der Waals surface area contributed by atoms with Crippen LogP contribution in [0.25, 0.3) is 10.4 Å². The Morgan fingerprint density at radius 3 is 2.63 bits per heavy atom. The zero-order valence-electron chi connectivity index (χ0n) is 11.4. The van der Waals surface area contributed by atoms with E-state index < -0.39 is 5.97 Å². The summed E-state index contributed by atoms with van der Waals surface area (Å²) in [5, 5.41) is 0. The number of nitrogen functional groups attached to an aromatic ring is 1.